The summed E-state index contributed by atoms with van der Waals surface area (Å²) in [7, 11) is 0. The highest BCUT2D eigenvalue weighted by Crippen LogP contribution is 2.29. The summed E-state index contributed by atoms with van der Waals surface area (Å²) in [5.41, 5.74) is -1.73. The number of nitrogens with zero attached hydrogens (tertiary/aromatic N) is 1. The molecule has 0 spiro atoms. The van der Waals surface area contributed by atoms with Crippen molar-refractivity contribution >= 4 is 27.8 Å². The van der Waals surface area contributed by atoms with Crippen LogP contribution < -0.4 is 0 Å². The number of aryl methyl sites for hydroxylation is 1. The second-order valence-electron chi connectivity index (χ2n) is 4.31. The molecular weight excluding hydrogens is 309 g/mol. The molecule has 0 aromatic carbocycles. The molecule has 2 heterocycles. The molecule has 18 heavy (non-hydrogen) atoms. The molecule has 98 valence electrons. The minimum Gasteiger partial charge on any atom is -0.479 e. The Hall–Kier alpha value is -1.37. The highest BCUT2D eigenvalue weighted by Gasteiger charge is 2.47. The van der Waals surface area contributed by atoms with Crippen molar-refractivity contribution in [1.82, 2.24) is 4.90 Å². The third-order valence-electron chi connectivity index (χ3n) is 2.97. The quantitative estimate of drug-likeness (QED) is 0.905. The van der Waals surface area contributed by atoms with Crippen molar-refractivity contribution in [2.45, 2.75) is 19.0 Å². The molecule has 1 fully saturated rings. The summed E-state index contributed by atoms with van der Waals surface area (Å²) in [4.78, 5) is 24.0. The number of carboxylic acids is 1. The maximum atomic E-state index is 13.8. The van der Waals surface area contributed by atoms with Gasteiger partial charge < -0.3 is 14.4 Å². The van der Waals surface area contributed by atoms with Gasteiger partial charge in [-0.1, -0.05) is 0 Å². The highest BCUT2D eigenvalue weighted by molar-refractivity contribution is 9.10. The van der Waals surface area contributed by atoms with Crippen LogP contribution in [-0.4, -0.2) is 40.6 Å². The topological polar surface area (TPSA) is 70.8 Å². The van der Waals surface area contributed by atoms with Crippen LogP contribution in [0.1, 0.15) is 22.5 Å². The van der Waals surface area contributed by atoms with Crippen molar-refractivity contribution in [2.24, 2.45) is 0 Å². The lowest BCUT2D eigenvalue weighted by molar-refractivity contribution is -0.149. The first kappa shape index (κ1) is 13.1. The van der Waals surface area contributed by atoms with E-state index >= 15 is 0 Å². The maximum Gasteiger partial charge on any atom is 0.343 e. The van der Waals surface area contributed by atoms with Gasteiger partial charge in [0, 0.05) is 18.5 Å². The van der Waals surface area contributed by atoms with Gasteiger partial charge in [-0.3, -0.25) is 4.79 Å². The predicted octanol–water partition coefficient (Wildman–Crippen LogP) is 1.99. The van der Waals surface area contributed by atoms with Gasteiger partial charge in [0.1, 0.15) is 0 Å². The third-order valence-corrected chi connectivity index (χ3v) is 3.36. The minimum absolute atomic E-state index is 0.0688. The molecule has 0 bridgehead atoms. The number of carbonyl (C=O) groups is 2. The molecule has 5 nitrogen and oxygen atoms in total. The summed E-state index contributed by atoms with van der Waals surface area (Å²) in [6.07, 6.45) is -0.199. The minimum atomic E-state index is -2.35. The number of halogens is 2. The number of hydrogen-bond acceptors (Lipinski definition) is 3. The molecule has 1 aromatic rings. The van der Waals surface area contributed by atoms with Crippen molar-refractivity contribution in [3.8, 4) is 0 Å². The first-order valence-electron chi connectivity index (χ1n) is 5.31. The normalized spacial score (nSPS) is 23.4. The lowest BCUT2D eigenvalue weighted by atomic mass is 10.1. The van der Waals surface area contributed by atoms with Gasteiger partial charge in [0.25, 0.3) is 5.91 Å². The zero-order valence-electron chi connectivity index (χ0n) is 9.57. The van der Waals surface area contributed by atoms with Crippen LogP contribution in [0.3, 0.4) is 0 Å². The Bertz CT molecular complexity index is 515. The fourth-order valence-electron chi connectivity index (χ4n) is 1.92. The number of likely N-dealkylation sites (tertiary alicyclic amines) is 1. The van der Waals surface area contributed by atoms with E-state index in [1.165, 1.54) is 0 Å². The number of carbonyl (C=O) groups excluding carboxylic acids is 1. The average molecular weight is 320 g/mol. The molecule has 0 saturated carbocycles. The SMILES string of the molecule is Cc1cc(Br)oc1C(=O)N1CCC(F)(C(=O)O)C1. The van der Waals surface area contributed by atoms with Crippen molar-refractivity contribution in [3.63, 3.8) is 0 Å². The predicted molar refractivity (Wildman–Crippen MR) is 63.1 cm³/mol. The number of hydrogen-bond donors (Lipinski definition) is 1. The van der Waals surface area contributed by atoms with Crippen LogP contribution in [0.15, 0.2) is 15.2 Å². The summed E-state index contributed by atoms with van der Waals surface area (Å²) in [5.74, 6) is -1.91. The molecule has 1 aliphatic rings. The van der Waals surface area contributed by atoms with Gasteiger partial charge in [-0.25, -0.2) is 9.18 Å². The van der Waals surface area contributed by atoms with E-state index in [0.717, 1.165) is 4.90 Å². The largest absolute Gasteiger partial charge is 0.479 e. The lowest BCUT2D eigenvalue weighted by Crippen LogP contribution is -2.38. The Morgan fingerprint density at radius 1 is 1.61 bits per heavy atom. The Morgan fingerprint density at radius 2 is 2.28 bits per heavy atom. The van der Waals surface area contributed by atoms with Gasteiger partial charge in [-0.15, -0.1) is 0 Å². The van der Waals surface area contributed by atoms with Gasteiger partial charge in [-0.2, -0.15) is 0 Å². The van der Waals surface area contributed by atoms with Crippen molar-refractivity contribution < 1.29 is 23.5 Å². The van der Waals surface area contributed by atoms with E-state index in [1.54, 1.807) is 13.0 Å². The van der Waals surface area contributed by atoms with E-state index in [-0.39, 0.29) is 18.7 Å². The lowest BCUT2D eigenvalue weighted by Gasteiger charge is -2.16. The molecule has 7 heteroatoms. The molecule has 1 aliphatic heterocycles. The maximum absolute atomic E-state index is 13.8. The first-order valence-corrected chi connectivity index (χ1v) is 6.10. The Morgan fingerprint density at radius 3 is 2.72 bits per heavy atom. The van der Waals surface area contributed by atoms with E-state index in [1.807, 2.05) is 0 Å². The number of alkyl halides is 1. The Balaban J connectivity index is 2.18. The number of amides is 1. The van der Waals surface area contributed by atoms with Gasteiger partial charge in [0.15, 0.2) is 10.4 Å². The number of carboxylic acid groups (broad SMARTS) is 1. The number of rotatable bonds is 2. The van der Waals surface area contributed by atoms with Crippen LogP contribution in [0, 0.1) is 6.92 Å². The van der Waals surface area contributed by atoms with Gasteiger partial charge in [0.05, 0.1) is 6.54 Å². The van der Waals surface area contributed by atoms with E-state index in [0.29, 0.717) is 10.2 Å². The second kappa shape index (κ2) is 4.38. The Labute approximate surface area is 111 Å². The summed E-state index contributed by atoms with van der Waals surface area (Å²) >= 11 is 3.10. The number of aliphatic carboxylic acids is 1. The highest BCUT2D eigenvalue weighted by atomic mass is 79.9. The monoisotopic (exact) mass is 319 g/mol. The van der Waals surface area contributed by atoms with Crippen molar-refractivity contribution in [1.29, 1.82) is 0 Å². The van der Waals surface area contributed by atoms with Crippen LogP contribution in [-0.2, 0) is 4.79 Å². The summed E-state index contributed by atoms with van der Waals surface area (Å²) in [6.45, 7) is 1.32. The molecule has 1 aromatic heterocycles. The van der Waals surface area contributed by atoms with E-state index in [2.05, 4.69) is 15.9 Å². The number of furan rings is 1. The standard InChI is InChI=1S/C11H11BrFNO4/c1-6-4-7(12)18-8(6)9(15)14-3-2-11(13,5-14)10(16)17/h4H,2-3,5H2,1H3,(H,16,17). The molecule has 1 atom stereocenters. The van der Waals surface area contributed by atoms with E-state index < -0.39 is 24.1 Å². The van der Waals surface area contributed by atoms with Crippen LogP contribution in [0.2, 0.25) is 0 Å². The summed E-state index contributed by atoms with van der Waals surface area (Å²) < 4.78 is 19.4. The molecule has 0 aliphatic carbocycles. The molecule has 0 radical (unpaired) electrons. The average Bonchev–Trinajstić information content (AvgIpc) is 2.82. The third kappa shape index (κ3) is 2.14. The van der Waals surface area contributed by atoms with E-state index in [4.69, 9.17) is 9.52 Å². The molecule has 1 amide bonds. The van der Waals surface area contributed by atoms with Crippen molar-refractivity contribution in [3.05, 3.63) is 22.1 Å². The summed E-state index contributed by atoms with van der Waals surface area (Å²) in [6, 6.07) is 1.63. The fourth-order valence-corrected chi connectivity index (χ4v) is 2.43. The van der Waals surface area contributed by atoms with Crippen LogP contribution in [0.25, 0.3) is 0 Å². The summed E-state index contributed by atoms with van der Waals surface area (Å²) in [5, 5.41) is 8.76. The molecule has 1 saturated heterocycles. The fraction of sp³-hybridized carbons (Fsp3) is 0.455. The second-order valence-corrected chi connectivity index (χ2v) is 5.09. The molecular formula is C11H11BrFNO4. The van der Waals surface area contributed by atoms with Crippen molar-refractivity contribution in [2.75, 3.05) is 13.1 Å². The Kier molecular flexibility index (Phi) is 3.18. The van der Waals surface area contributed by atoms with Gasteiger partial charge >= 0.3 is 5.97 Å². The zero-order valence-corrected chi connectivity index (χ0v) is 11.2. The van der Waals surface area contributed by atoms with Crippen LogP contribution in [0.4, 0.5) is 4.39 Å². The zero-order chi connectivity index (χ0) is 13.5. The van der Waals surface area contributed by atoms with E-state index in [9.17, 15) is 14.0 Å². The smallest absolute Gasteiger partial charge is 0.343 e. The van der Waals surface area contributed by atoms with Gasteiger partial charge in [0.2, 0.25) is 5.67 Å². The molecule has 2 rings (SSSR count). The van der Waals surface area contributed by atoms with Gasteiger partial charge in [-0.05, 0) is 28.9 Å². The molecule has 1 unspecified atom stereocenters. The first-order chi connectivity index (χ1) is 8.33. The van der Waals surface area contributed by atoms with Crippen LogP contribution in [0.5, 0.6) is 0 Å². The van der Waals surface area contributed by atoms with Crippen LogP contribution >= 0.6 is 15.9 Å². The molecule has 1 N–H and O–H groups in total.